The number of amides is 1. The van der Waals surface area contributed by atoms with E-state index in [0.29, 0.717) is 24.3 Å². The number of carbonyl (C=O) groups is 1. The molecule has 3 nitrogen and oxygen atoms in total. The molecule has 1 heterocycles. The molecule has 2 N–H and O–H groups in total. The Morgan fingerprint density at radius 1 is 1.35 bits per heavy atom. The van der Waals surface area contributed by atoms with E-state index in [9.17, 15) is 4.79 Å². The van der Waals surface area contributed by atoms with E-state index in [0.717, 1.165) is 14.2 Å². The molecule has 0 saturated carbocycles. The minimum Gasteiger partial charge on any atom is -0.398 e. The van der Waals surface area contributed by atoms with E-state index in [1.807, 2.05) is 43.0 Å². The van der Waals surface area contributed by atoms with Crippen LogP contribution in [0.2, 0.25) is 0 Å². The highest BCUT2D eigenvalue weighted by molar-refractivity contribution is 9.11. The molecule has 0 unspecified atom stereocenters. The van der Waals surface area contributed by atoms with Gasteiger partial charge in [-0.1, -0.05) is 12.1 Å². The van der Waals surface area contributed by atoms with Crippen LogP contribution in [0.4, 0.5) is 5.69 Å². The van der Waals surface area contributed by atoms with Crippen molar-refractivity contribution < 1.29 is 4.79 Å². The second kappa shape index (κ2) is 6.41. The van der Waals surface area contributed by atoms with Crippen molar-refractivity contribution in [1.82, 2.24) is 4.90 Å². The SMILES string of the molecule is CCN(Cc1ccc(Br)s1)C(=O)c1c(C)cccc1N. The summed E-state index contributed by atoms with van der Waals surface area (Å²) in [5, 5.41) is 0. The molecule has 0 atom stereocenters. The lowest BCUT2D eigenvalue weighted by Gasteiger charge is -2.22. The van der Waals surface area contributed by atoms with Crippen molar-refractivity contribution in [3.8, 4) is 0 Å². The molecular formula is C15H17BrN2OS. The molecule has 0 bridgehead atoms. The molecule has 2 rings (SSSR count). The zero-order chi connectivity index (χ0) is 14.7. The Hall–Kier alpha value is -1.33. The molecule has 2 aromatic rings. The maximum atomic E-state index is 12.7. The average Bonchev–Trinajstić information content (AvgIpc) is 2.81. The van der Waals surface area contributed by atoms with Gasteiger partial charge < -0.3 is 10.6 Å². The van der Waals surface area contributed by atoms with E-state index in [-0.39, 0.29) is 5.91 Å². The number of hydrogen-bond donors (Lipinski definition) is 1. The summed E-state index contributed by atoms with van der Waals surface area (Å²) in [6.07, 6.45) is 0. The third-order valence-electron chi connectivity index (χ3n) is 3.16. The number of carbonyl (C=O) groups excluding carboxylic acids is 1. The van der Waals surface area contributed by atoms with Crippen LogP contribution >= 0.6 is 27.3 Å². The number of anilines is 1. The first-order valence-electron chi connectivity index (χ1n) is 6.41. The van der Waals surface area contributed by atoms with Crippen LogP contribution in [-0.2, 0) is 6.54 Å². The molecule has 5 heteroatoms. The topological polar surface area (TPSA) is 46.3 Å². The average molecular weight is 353 g/mol. The lowest BCUT2D eigenvalue weighted by Crippen LogP contribution is -2.31. The van der Waals surface area contributed by atoms with Crippen molar-refractivity contribution in [2.45, 2.75) is 20.4 Å². The second-order valence-corrected chi connectivity index (χ2v) is 7.11. The summed E-state index contributed by atoms with van der Waals surface area (Å²) in [7, 11) is 0. The maximum absolute atomic E-state index is 12.7. The standard InChI is InChI=1S/C15H17BrN2OS/c1-3-18(9-11-7-8-13(16)20-11)15(19)14-10(2)5-4-6-12(14)17/h4-8H,3,9,17H2,1-2H3. The number of nitrogens with zero attached hydrogens (tertiary/aromatic N) is 1. The predicted molar refractivity (Wildman–Crippen MR) is 88.0 cm³/mol. The van der Waals surface area contributed by atoms with Crippen molar-refractivity contribution in [3.63, 3.8) is 0 Å². The van der Waals surface area contributed by atoms with Gasteiger partial charge in [-0.15, -0.1) is 11.3 Å². The monoisotopic (exact) mass is 352 g/mol. The summed E-state index contributed by atoms with van der Waals surface area (Å²) in [5.74, 6) is -0.00683. The van der Waals surface area contributed by atoms with Crippen molar-refractivity contribution in [1.29, 1.82) is 0 Å². The number of halogens is 1. The van der Waals surface area contributed by atoms with Crippen LogP contribution in [0, 0.1) is 6.92 Å². The van der Waals surface area contributed by atoms with Crippen LogP contribution in [0.5, 0.6) is 0 Å². The summed E-state index contributed by atoms with van der Waals surface area (Å²) < 4.78 is 1.08. The fourth-order valence-electron chi connectivity index (χ4n) is 2.09. The molecule has 1 aromatic heterocycles. The van der Waals surface area contributed by atoms with Crippen molar-refractivity contribution in [2.24, 2.45) is 0 Å². The Bertz CT molecular complexity index is 604. The summed E-state index contributed by atoms with van der Waals surface area (Å²) in [5.41, 5.74) is 8.04. The molecule has 0 radical (unpaired) electrons. The third kappa shape index (κ3) is 3.22. The molecule has 0 aliphatic rings. The van der Waals surface area contributed by atoms with E-state index >= 15 is 0 Å². The largest absolute Gasteiger partial charge is 0.398 e. The first-order valence-corrected chi connectivity index (χ1v) is 8.02. The number of hydrogen-bond acceptors (Lipinski definition) is 3. The normalized spacial score (nSPS) is 10.6. The van der Waals surface area contributed by atoms with Crippen LogP contribution < -0.4 is 5.73 Å². The zero-order valence-corrected chi connectivity index (χ0v) is 13.9. The summed E-state index contributed by atoms with van der Waals surface area (Å²) in [4.78, 5) is 15.6. The van der Waals surface area contributed by atoms with Gasteiger partial charge in [0, 0.05) is 17.1 Å². The first kappa shape index (κ1) is 15.1. The molecular weight excluding hydrogens is 336 g/mol. The van der Waals surface area contributed by atoms with Gasteiger partial charge in [-0.3, -0.25) is 4.79 Å². The predicted octanol–water partition coefficient (Wildman–Crippen LogP) is 4.06. The van der Waals surface area contributed by atoms with Gasteiger partial charge >= 0.3 is 0 Å². The first-order chi connectivity index (χ1) is 9.52. The van der Waals surface area contributed by atoms with Crippen molar-refractivity contribution >= 4 is 38.9 Å². The van der Waals surface area contributed by atoms with E-state index in [2.05, 4.69) is 15.9 Å². The summed E-state index contributed by atoms with van der Waals surface area (Å²) >= 11 is 5.09. The number of aryl methyl sites for hydroxylation is 1. The van der Waals surface area contributed by atoms with Gasteiger partial charge in [0.2, 0.25) is 0 Å². The number of benzene rings is 1. The third-order valence-corrected chi connectivity index (χ3v) is 4.77. The molecule has 1 amide bonds. The Balaban J connectivity index is 2.25. The van der Waals surface area contributed by atoms with Gasteiger partial charge in [0.25, 0.3) is 5.91 Å². The Kier molecular flexibility index (Phi) is 4.83. The number of nitrogen functional groups attached to an aromatic ring is 1. The van der Waals surface area contributed by atoms with Crippen molar-refractivity contribution in [3.05, 3.63) is 50.1 Å². The van der Waals surface area contributed by atoms with Crippen LogP contribution in [-0.4, -0.2) is 17.4 Å². The molecule has 0 saturated heterocycles. The zero-order valence-electron chi connectivity index (χ0n) is 11.5. The maximum Gasteiger partial charge on any atom is 0.256 e. The van der Waals surface area contributed by atoms with E-state index < -0.39 is 0 Å². The number of nitrogens with two attached hydrogens (primary N) is 1. The van der Waals surface area contributed by atoms with E-state index in [4.69, 9.17) is 5.73 Å². The van der Waals surface area contributed by atoms with Gasteiger partial charge in [-0.2, -0.15) is 0 Å². The summed E-state index contributed by atoms with van der Waals surface area (Å²) in [6, 6.07) is 9.59. The second-order valence-electron chi connectivity index (χ2n) is 4.56. The molecule has 20 heavy (non-hydrogen) atoms. The number of rotatable bonds is 4. The minimum atomic E-state index is -0.00683. The van der Waals surface area contributed by atoms with Gasteiger partial charge in [-0.25, -0.2) is 0 Å². The smallest absolute Gasteiger partial charge is 0.256 e. The van der Waals surface area contributed by atoms with Crippen LogP contribution in [0.3, 0.4) is 0 Å². The van der Waals surface area contributed by atoms with Crippen LogP contribution in [0.15, 0.2) is 34.1 Å². The molecule has 0 fully saturated rings. The highest BCUT2D eigenvalue weighted by Gasteiger charge is 2.19. The van der Waals surface area contributed by atoms with Gasteiger partial charge in [0.15, 0.2) is 0 Å². The van der Waals surface area contributed by atoms with Crippen LogP contribution in [0.25, 0.3) is 0 Å². The van der Waals surface area contributed by atoms with E-state index in [1.165, 1.54) is 0 Å². The quantitative estimate of drug-likeness (QED) is 0.843. The lowest BCUT2D eigenvalue weighted by atomic mass is 10.1. The van der Waals surface area contributed by atoms with E-state index in [1.54, 1.807) is 17.4 Å². The molecule has 106 valence electrons. The molecule has 1 aromatic carbocycles. The van der Waals surface area contributed by atoms with Gasteiger partial charge in [0.1, 0.15) is 0 Å². The fourth-order valence-corrected chi connectivity index (χ4v) is 3.59. The Morgan fingerprint density at radius 3 is 2.65 bits per heavy atom. The molecule has 0 aliphatic carbocycles. The van der Waals surface area contributed by atoms with Gasteiger partial charge in [-0.05, 0) is 53.5 Å². The lowest BCUT2D eigenvalue weighted by molar-refractivity contribution is 0.0754. The Morgan fingerprint density at radius 2 is 2.10 bits per heavy atom. The molecule has 0 spiro atoms. The number of thiophene rings is 1. The highest BCUT2D eigenvalue weighted by atomic mass is 79.9. The minimum absolute atomic E-state index is 0.00683. The summed E-state index contributed by atoms with van der Waals surface area (Å²) in [6.45, 7) is 5.16. The van der Waals surface area contributed by atoms with Crippen molar-refractivity contribution in [2.75, 3.05) is 12.3 Å². The molecule has 0 aliphatic heterocycles. The Labute approximate surface area is 131 Å². The fraction of sp³-hybridized carbons (Fsp3) is 0.267. The van der Waals surface area contributed by atoms with Gasteiger partial charge in [0.05, 0.1) is 15.9 Å². The highest BCUT2D eigenvalue weighted by Crippen LogP contribution is 2.25. The van der Waals surface area contributed by atoms with Crippen LogP contribution in [0.1, 0.15) is 27.7 Å².